The number of phenolic OH excluding ortho intramolecular Hbond substituents is 1. The standard InChI is InChI=1S/C18H22O2/c19-11-18-8-1-2-17(18)16-5-3-12-10-13(20)4-6-14(12)15(16)7-9-18/h4,6,10-11,15-17,20H,1-3,5,7-9H2/t15-,16-,17+,18+/m1/s1. The van der Waals surface area contributed by atoms with E-state index in [-0.39, 0.29) is 5.41 Å². The Hall–Kier alpha value is -1.31. The van der Waals surface area contributed by atoms with E-state index >= 15 is 0 Å². The van der Waals surface area contributed by atoms with Crippen LogP contribution in [0.4, 0.5) is 0 Å². The zero-order valence-corrected chi connectivity index (χ0v) is 11.8. The fourth-order valence-corrected chi connectivity index (χ4v) is 5.48. The van der Waals surface area contributed by atoms with Crippen molar-refractivity contribution in [3.05, 3.63) is 29.3 Å². The molecule has 1 N–H and O–H groups in total. The van der Waals surface area contributed by atoms with Crippen LogP contribution in [-0.2, 0) is 11.2 Å². The minimum Gasteiger partial charge on any atom is -0.508 e. The molecule has 2 nitrogen and oxygen atoms in total. The Bertz CT molecular complexity index is 550. The van der Waals surface area contributed by atoms with Gasteiger partial charge in [0.2, 0.25) is 0 Å². The molecule has 20 heavy (non-hydrogen) atoms. The summed E-state index contributed by atoms with van der Waals surface area (Å²) in [6, 6.07) is 5.91. The molecule has 0 amide bonds. The summed E-state index contributed by atoms with van der Waals surface area (Å²) in [5.41, 5.74) is 2.79. The van der Waals surface area contributed by atoms with Gasteiger partial charge in [0.25, 0.3) is 0 Å². The van der Waals surface area contributed by atoms with Crippen molar-refractivity contribution in [2.45, 2.75) is 50.9 Å². The smallest absolute Gasteiger partial charge is 0.126 e. The van der Waals surface area contributed by atoms with Gasteiger partial charge in [-0.2, -0.15) is 0 Å². The fourth-order valence-electron chi connectivity index (χ4n) is 5.48. The zero-order valence-electron chi connectivity index (χ0n) is 11.8. The number of rotatable bonds is 1. The average molecular weight is 270 g/mol. The van der Waals surface area contributed by atoms with Gasteiger partial charge in [-0.15, -0.1) is 0 Å². The molecule has 0 unspecified atom stereocenters. The largest absolute Gasteiger partial charge is 0.508 e. The first kappa shape index (κ1) is 12.4. The molecule has 3 aliphatic rings. The highest BCUT2D eigenvalue weighted by Crippen LogP contribution is 2.60. The summed E-state index contributed by atoms with van der Waals surface area (Å²) in [5.74, 6) is 2.31. The van der Waals surface area contributed by atoms with Gasteiger partial charge in [-0.05, 0) is 79.5 Å². The lowest BCUT2D eigenvalue weighted by Crippen LogP contribution is -2.42. The van der Waals surface area contributed by atoms with Crippen LogP contribution in [0.25, 0.3) is 0 Å². The Labute approximate surface area is 120 Å². The van der Waals surface area contributed by atoms with Gasteiger partial charge in [0.15, 0.2) is 0 Å². The predicted molar refractivity (Wildman–Crippen MR) is 77.7 cm³/mol. The number of phenols is 1. The third kappa shape index (κ3) is 1.60. The number of benzene rings is 1. The van der Waals surface area contributed by atoms with Crippen molar-refractivity contribution in [1.29, 1.82) is 0 Å². The molecule has 0 saturated heterocycles. The minimum atomic E-state index is 0.00951. The van der Waals surface area contributed by atoms with E-state index in [1.165, 1.54) is 36.7 Å². The van der Waals surface area contributed by atoms with E-state index in [9.17, 15) is 9.90 Å². The molecule has 106 valence electrons. The maximum absolute atomic E-state index is 11.7. The molecule has 1 aromatic carbocycles. The molecule has 3 aliphatic carbocycles. The summed E-state index contributed by atoms with van der Waals surface area (Å²) in [5, 5.41) is 9.67. The highest BCUT2D eigenvalue weighted by atomic mass is 16.3. The Balaban J connectivity index is 1.72. The van der Waals surface area contributed by atoms with Gasteiger partial charge in [-0.3, -0.25) is 0 Å². The molecule has 4 rings (SSSR count). The quantitative estimate of drug-likeness (QED) is 0.788. The molecule has 0 aliphatic heterocycles. The van der Waals surface area contributed by atoms with E-state index in [1.807, 2.05) is 12.1 Å². The normalized spacial score (nSPS) is 38.7. The Morgan fingerprint density at radius 2 is 2.10 bits per heavy atom. The molecular formula is C18H22O2. The molecule has 0 radical (unpaired) electrons. The van der Waals surface area contributed by atoms with Crippen molar-refractivity contribution in [1.82, 2.24) is 0 Å². The Kier molecular flexibility index (Phi) is 2.70. The summed E-state index contributed by atoms with van der Waals surface area (Å²) in [6.07, 6.45) is 9.38. The number of hydrogen-bond donors (Lipinski definition) is 1. The highest BCUT2D eigenvalue weighted by Gasteiger charge is 2.52. The summed E-state index contributed by atoms with van der Waals surface area (Å²) in [6.45, 7) is 0. The number of carbonyl (C=O) groups excluding carboxylic acids is 1. The molecule has 4 atom stereocenters. The molecular weight excluding hydrogens is 248 g/mol. The fraction of sp³-hybridized carbons (Fsp3) is 0.611. The lowest BCUT2D eigenvalue weighted by molar-refractivity contribution is -0.122. The average Bonchev–Trinajstić information content (AvgIpc) is 2.91. The third-order valence-electron chi connectivity index (χ3n) is 6.36. The van der Waals surface area contributed by atoms with Crippen LogP contribution in [0.5, 0.6) is 5.75 Å². The van der Waals surface area contributed by atoms with Crippen molar-refractivity contribution in [2.75, 3.05) is 0 Å². The van der Waals surface area contributed by atoms with Crippen LogP contribution in [0.3, 0.4) is 0 Å². The van der Waals surface area contributed by atoms with Crippen LogP contribution in [0.15, 0.2) is 18.2 Å². The van der Waals surface area contributed by atoms with Crippen LogP contribution < -0.4 is 0 Å². The Morgan fingerprint density at radius 1 is 1.20 bits per heavy atom. The number of carbonyl (C=O) groups is 1. The molecule has 2 heteroatoms. The van der Waals surface area contributed by atoms with Gasteiger partial charge < -0.3 is 9.90 Å². The SMILES string of the molecule is O=C[C@@]12CCC[C@H]1[C@@H]1CCc3cc(O)ccc3[C@H]1CC2. The van der Waals surface area contributed by atoms with Crippen molar-refractivity contribution < 1.29 is 9.90 Å². The van der Waals surface area contributed by atoms with Gasteiger partial charge in [-0.25, -0.2) is 0 Å². The molecule has 2 saturated carbocycles. The molecule has 1 aromatic rings. The number of aldehydes is 1. The van der Waals surface area contributed by atoms with Gasteiger partial charge >= 0.3 is 0 Å². The number of hydrogen-bond acceptors (Lipinski definition) is 2. The molecule has 0 bridgehead atoms. The molecule has 0 spiro atoms. The second-order valence-electron chi connectivity index (χ2n) is 7.08. The lowest BCUT2D eigenvalue weighted by Gasteiger charge is -2.48. The first-order valence-electron chi connectivity index (χ1n) is 8.02. The second kappa shape index (κ2) is 4.34. The topological polar surface area (TPSA) is 37.3 Å². The zero-order chi connectivity index (χ0) is 13.7. The number of fused-ring (bicyclic) bond motifs is 5. The maximum Gasteiger partial charge on any atom is 0.126 e. The maximum atomic E-state index is 11.7. The Morgan fingerprint density at radius 3 is 2.95 bits per heavy atom. The van der Waals surface area contributed by atoms with E-state index in [2.05, 4.69) is 6.07 Å². The lowest BCUT2D eigenvalue weighted by atomic mass is 9.55. The van der Waals surface area contributed by atoms with Crippen LogP contribution in [0, 0.1) is 17.3 Å². The monoisotopic (exact) mass is 270 g/mol. The summed E-state index contributed by atoms with van der Waals surface area (Å²) in [7, 11) is 0. The minimum absolute atomic E-state index is 0.00951. The first-order valence-corrected chi connectivity index (χ1v) is 8.02. The third-order valence-corrected chi connectivity index (χ3v) is 6.36. The van der Waals surface area contributed by atoms with Gasteiger partial charge in [-0.1, -0.05) is 12.5 Å². The van der Waals surface area contributed by atoms with Gasteiger partial charge in [0, 0.05) is 5.41 Å². The van der Waals surface area contributed by atoms with Gasteiger partial charge in [0.05, 0.1) is 0 Å². The second-order valence-corrected chi connectivity index (χ2v) is 7.08. The van der Waals surface area contributed by atoms with E-state index in [1.54, 1.807) is 0 Å². The predicted octanol–water partition coefficient (Wildman–Crippen LogP) is 3.82. The van der Waals surface area contributed by atoms with Crippen molar-refractivity contribution in [3.8, 4) is 5.75 Å². The summed E-state index contributed by atoms with van der Waals surface area (Å²) >= 11 is 0. The number of aryl methyl sites for hydroxylation is 1. The van der Waals surface area contributed by atoms with E-state index in [0.29, 0.717) is 23.5 Å². The highest BCUT2D eigenvalue weighted by molar-refractivity contribution is 5.61. The van der Waals surface area contributed by atoms with Crippen LogP contribution in [0.1, 0.15) is 55.6 Å². The van der Waals surface area contributed by atoms with Crippen molar-refractivity contribution in [3.63, 3.8) is 0 Å². The molecule has 2 fully saturated rings. The molecule has 0 aromatic heterocycles. The summed E-state index contributed by atoms with van der Waals surface area (Å²) < 4.78 is 0. The van der Waals surface area contributed by atoms with Gasteiger partial charge in [0.1, 0.15) is 12.0 Å². The van der Waals surface area contributed by atoms with Crippen molar-refractivity contribution in [2.24, 2.45) is 17.3 Å². The van der Waals surface area contributed by atoms with E-state index < -0.39 is 0 Å². The van der Waals surface area contributed by atoms with Crippen LogP contribution in [0.2, 0.25) is 0 Å². The van der Waals surface area contributed by atoms with Crippen LogP contribution in [-0.4, -0.2) is 11.4 Å². The molecule has 0 heterocycles. The van der Waals surface area contributed by atoms with Crippen LogP contribution >= 0.6 is 0 Å². The number of aromatic hydroxyl groups is 1. The van der Waals surface area contributed by atoms with E-state index in [0.717, 1.165) is 25.7 Å². The van der Waals surface area contributed by atoms with E-state index in [4.69, 9.17) is 0 Å². The first-order chi connectivity index (χ1) is 9.73. The summed E-state index contributed by atoms with van der Waals surface area (Å²) in [4.78, 5) is 11.7. The van der Waals surface area contributed by atoms with Crippen molar-refractivity contribution >= 4 is 6.29 Å².